The molecule has 2 aromatic carbocycles. The Kier molecular flexibility index (Phi) is 8.43. The van der Waals surface area contributed by atoms with Crippen molar-refractivity contribution >= 4 is 30.7 Å². The summed E-state index contributed by atoms with van der Waals surface area (Å²) in [6.07, 6.45) is 2.38. The molecule has 2 bridgehead atoms. The second kappa shape index (κ2) is 10.2. The fourth-order valence-corrected chi connectivity index (χ4v) is 12.4. The molecule has 0 saturated carbocycles. The van der Waals surface area contributed by atoms with E-state index < -0.39 is 8.07 Å². The number of benzene rings is 2. The van der Waals surface area contributed by atoms with Gasteiger partial charge >= 0.3 is 143 Å². The number of hydrogen-bond donors (Lipinski definition) is 0. The molecule has 3 aromatic rings. The van der Waals surface area contributed by atoms with Crippen LogP contribution in [-0.4, -0.2) is 8.07 Å². The Labute approximate surface area is 244 Å². The molecule has 0 nitrogen and oxygen atoms in total. The van der Waals surface area contributed by atoms with Gasteiger partial charge in [-0.2, -0.15) is 11.3 Å². The van der Waals surface area contributed by atoms with Crippen LogP contribution in [0.4, 0.5) is 0 Å². The molecule has 1 aromatic heterocycles. The second-order valence-electron chi connectivity index (χ2n) is 11.4. The van der Waals surface area contributed by atoms with Crippen molar-refractivity contribution < 1.29 is 49.5 Å². The van der Waals surface area contributed by atoms with Gasteiger partial charge in [0, 0.05) is 5.54 Å². The number of hydrogen-bond acceptors (Lipinski definition) is 1. The standard InChI is InChI=1S/C20H21.C10H12SSi.2ClH.Zr/c1-14-12-16-6-5-7-18(19(16)13-14)15-8-10-17(11-9-15)20(2,3)4;1-6-9-7-4-11-5-8(7)10(6)12(9,2)3;;;/h5-13H,1-4H3;4-5,9H,1-3H3;2*1H;/q;;;;+2/p-2. The van der Waals surface area contributed by atoms with Gasteiger partial charge in [-0.15, -0.1) is 0 Å². The zero-order chi connectivity index (χ0) is 23.7. The van der Waals surface area contributed by atoms with Gasteiger partial charge in [0.25, 0.3) is 0 Å². The summed E-state index contributed by atoms with van der Waals surface area (Å²) >= 11 is 3.45. The van der Waals surface area contributed by atoms with Crippen LogP contribution < -0.4 is 24.8 Å². The maximum atomic E-state index is 2.50. The average molecular weight is 616 g/mol. The first-order valence-corrected chi connectivity index (χ1v) is 17.4. The first kappa shape index (κ1) is 28.9. The van der Waals surface area contributed by atoms with Crippen LogP contribution in [0.15, 0.2) is 64.4 Å². The predicted octanol–water partition coefficient (Wildman–Crippen LogP) is 3.08. The number of allylic oxidation sites excluding steroid dienone is 2. The van der Waals surface area contributed by atoms with E-state index in [1.54, 1.807) is 46.6 Å². The molecule has 35 heavy (non-hydrogen) atoms. The molecule has 2 atom stereocenters. The van der Waals surface area contributed by atoms with Crippen molar-refractivity contribution in [1.29, 1.82) is 0 Å². The molecule has 0 N–H and O–H groups in total. The summed E-state index contributed by atoms with van der Waals surface area (Å²) in [5.74, 6) is 0. The van der Waals surface area contributed by atoms with E-state index in [4.69, 9.17) is 0 Å². The van der Waals surface area contributed by atoms with Gasteiger partial charge in [0.15, 0.2) is 0 Å². The van der Waals surface area contributed by atoms with E-state index in [9.17, 15) is 0 Å². The van der Waals surface area contributed by atoms with Crippen LogP contribution in [0.25, 0.3) is 22.4 Å². The molecule has 181 valence electrons. The summed E-state index contributed by atoms with van der Waals surface area (Å²) < 4.78 is 0.640. The minimum Gasteiger partial charge on any atom is -1.00 e. The van der Waals surface area contributed by atoms with Crippen molar-refractivity contribution in [2.75, 3.05) is 0 Å². The van der Waals surface area contributed by atoms with Gasteiger partial charge in [0.1, 0.15) is 0 Å². The van der Waals surface area contributed by atoms with Gasteiger partial charge < -0.3 is 24.8 Å². The molecular weight excluding hydrogens is 583 g/mol. The maximum absolute atomic E-state index is 2.50. The number of rotatable bonds is 1. The van der Waals surface area contributed by atoms with Crippen LogP contribution in [0.1, 0.15) is 71.6 Å². The zero-order valence-electron chi connectivity index (χ0n) is 21.6. The normalized spacial score (nSPS) is 20.4. The Hall–Kier alpha value is -0.700. The predicted molar refractivity (Wildman–Crippen MR) is 144 cm³/mol. The summed E-state index contributed by atoms with van der Waals surface area (Å²) in [6, 6.07) is 15.8. The van der Waals surface area contributed by atoms with Gasteiger partial charge in [-0.1, -0.05) is 23.9 Å². The van der Waals surface area contributed by atoms with E-state index in [1.807, 2.05) is 11.3 Å². The number of fused-ring (bicyclic) bond motifs is 1. The molecule has 3 heterocycles. The molecule has 5 heteroatoms. The molecule has 4 aliphatic rings. The largest absolute Gasteiger partial charge is 1.00 e. The van der Waals surface area contributed by atoms with Crippen molar-refractivity contribution in [3.8, 4) is 11.1 Å². The molecule has 2 aliphatic heterocycles. The topological polar surface area (TPSA) is 0 Å². The van der Waals surface area contributed by atoms with Crippen LogP contribution in [0, 0.1) is 0 Å². The average Bonchev–Trinajstić information content (AvgIpc) is 3.45. The van der Waals surface area contributed by atoms with Crippen molar-refractivity contribution in [1.82, 2.24) is 0 Å². The Morgan fingerprint density at radius 3 is 2.09 bits per heavy atom. The van der Waals surface area contributed by atoms with Gasteiger partial charge in [-0.3, -0.25) is 0 Å². The quantitative estimate of drug-likeness (QED) is 0.370. The van der Waals surface area contributed by atoms with Crippen LogP contribution in [0.3, 0.4) is 0 Å². The SMILES string of the molecule is CC1=C2c3cscc3C1[Si]2(C)C.CC1=Cc2c(-c3ccc(C(C)(C)C)cc3)cccc2[CH]1[Zr+2].[Cl-].[Cl-]. The van der Waals surface area contributed by atoms with E-state index in [1.165, 1.54) is 33.4 Å². The molecule has 0 saturated heterocycles. The third kappa shape index (κ3) is 4.70. The third-order valence-electron chi connectivity index (χ3n) is 7.81. The van der Waals surface area contributed by atoms with E-state index in [0.29, 0.717) is 3.63 Å². The first-order chi connectivity index (χ1) is 15.5. The second-order valence-corrected chi connectivity index (χ2v) is 18.1. The zero-order valence-corrected chi connectivity index (χ0v) is 27.4. The summed E-state index contributed by atoms with van der Waals surface area (Å²) in [6.45, 7) is 16.4. The van der Waals surface area contributed by atoms with Crippen molar-refractivity contribution in [3.05, 3.63) is 92.2 Å². The summed E-state index contributed by atoms with van der Waals surface area (Å²) in [5.41, 5.74) is 14.6. The molecular formula is C30H33Cl2SSiZr. The first-order valence-electron chi connectivity index (χ1n) is 11.9. The Balaban J connectivity index is 0.000000208. The minimum absolute atomic E-state index is 0. The summed E-state index contributed by atoms with van der Waals surface area (Å²) in [4.78, 5) is 0. The molecule has 2 unspecified atom stereocenters. The van der Waals surface area contributed by atoms with Gasteiger partial charge in [0.05, 0.1) is 8.07 Å². The molecule has 0 spiro atoms. The summed E-state index contributed by atoms with van der Waals surface area (Å²) in [5, 5.41) is 6.47. The third-order valence-corrected chi connectivity index (χ3v) is 14.6. The Morgan fingerprint density at radius 2 is 1.51 bits per heavy atom. The van der Waals surface area contributed by atoms with Crippen LogP contribution in [0.5, 0.6) is 0 Å². The monoisotopic (exact) mass is 613 g/mol. The maximum Gasteiger partial charge on any atom is -1.00 e. The van der Waals surface area contributed by atoms with E-state index in [0.717, 1.165) is 5.54 Å². The molecule has 0 fully saturated rings. The van der Waals surface area contributed by atoms with Gasteiger partial charge in [-0.05, 0) is 28.8 Å². The van der Waals surface area contributed by atoms with E-state index >= 15 is 0 Å². The smallest absolute Gasteiger partial charge is 1.00 e. The van der Waals surface area contributed by atoms with Crippen LogP contribution in [0.2, 0.25) is 13.1 Å². The van der Waals surface area contributed by atoms with Gasteiger partial charge in [-0.25, -0.2) is 0 Å². The summed E-state index contributed by atoms with van der Waals surface area (Å²) in [7, 11) is -0.976. The minimum atomic E-state index is -0.976. The molecule has 7 rings (SSSR count). The van der Waals surface area contributed by atoms with Crippen molar-refractivity contribution in [3.63, 3.8) is 0 Å². The van der Waals surface area contributed by atoms with Crippen molar-refractivity contribution in [2.45, 2.75) is 62.3 Å². The Morgan fingerprint density at radius 1 is 0.857 bits per heavy atom. The van der Waals surface area contributed by atoms with E-state index in [2.05, 4.69) is 107 Å². The van der Waals surface area contributed by atoms with E-state index in [-0.39, 0.29) is 30.2 Å². The van der Waals surface area contributed by atoms with Gasteiger partial charge in [0.2, 0.25) is 0 Å². The molecule has 2 aliphatic carbocycles. The van der Waals surface area contributed by atoms with Crippen LogP contribution >= 0.6 is 11.3 Å². The molecule has 0 radical (unpaired) electrons. The van der Waals surface area contributed by atoms with Crippen LogP contribution in [-0.2, 0) is 30.1 Å². The fourth-order valence-electron chi connectivity index (χ4n) is 6.13. The fraction of sp³-hybridized carbons (Fsp3) is 0.333. The number of thiophene rings is 1. The Bertz CT molecular complexity index is 1310. The molecule has 0 amide bonds. The van der Waals surface area contributed by atoms with Crippen molar-refractivity contribution in [2.24, 2.45) is 0 Å². The number of halogens is 2.